The molecule has 1 fully saturated rings. The van der Waals surface area contributed by atoms with Crippen LogP contribution in [0.5, 0.6) is 0 Å². The Kier molecular flexibility index (Phi) is 3.29. The Morgan fingerprint density at radius 1 is 1.43 bits per heavy atom. The van der Waals surface area contributed by atoms with Crippen LogP contribution in [-0.4, -0.2) is 15.6 Å². The molecule has 1 aromatic carbocycles. The number of benzene rings is 1. The van der Waals surface area contributed by atoms with E-state index in [1.54, 1.807) is 0 Å². The number of nitrogens with zero attached hydrogens (tertiary/aromatic N) is 3. The number of ketones is 1. The number of carbonyl (C=O) groups is 1. The van der Waals surface area contributed by atoms with Gasteiger partial charge in [0.2, 0.25) is 0 Å². The molecule has 0 N–H and O–H groups in total. The third-order valence-electron chi connectivity index (χ3n) is 4.76. The number of hydrogen-bond donors (Lipinski definition) is 0. The SMILES string of the molecule is Cc1nn(C)c2cc(C3(CC#N)CCCCC3=O)ccc12. The number of rotatable bonds is 2. The van der Waals surface area contributed by atoms with Gasteiger partial charge in [0.05, 0.1) is 29.1 Å². The van der Waals surface area contributed by atoms with Gasteiger partial charge in [-0.15, -0.1) is 0 Å². The molecule has 1 aliphatic rings. The Hall–Kier alpha value is -2.15. The van der Waals surface area contributed by atoms with Crippen molar-refractivity contribution in [2.24, 2.45) is 7.05 Å². The second kappa shape index (κ2) is 5.00. The summed E-state index contributed by atoms with van der Waals surface area (Å²) < 4.78 is 1.85. The van der Waals surface area contributed by atoms with Gasteiger partial charge in [-0.05, 0) is 31.4 Å². The van der Waals surface area contributed by atoms with Gasteiger partial charge in [-0.2, -0.15) is 10.4 Å². The van der Waals surface area contributed by atoms with E-state index < -0.39 is 5.41 Å². The van der Waals surface area contributed by atoms with Crippen molar-refractivity contribution in [2.45, 2.75) is 44.4 Å². The first-order valence-corrected chi connectivity index (χ1v) is 7.42. The van der Waals surface area contributed by atoms with Crippen LogP contribution < -0.4 is 0 Å². The normalized spacial score (nSPS) is 22.4. The lowest BCUT2D eigenvalue weighted by molar-refractivity contribution is -0.126. The van der Waals surface area contributed by atoms with Crippen LogP contribution in [0.1, 0.15) is 43.4 Å². The molecule has 1 unspecified atom stereocenters. The van der Waals surface area contributed by atoms with Gasteiger partial charge >= 0.3 is 0 Å². The molecular weight excluding hydrogens is 262 g/mol. The molecular formula is C17H19N3O. The van der Waals surface area contributed by atoms with Crippen molar-refractivity contribution >= 4 is 16.7 Å². The summed E-state index contributed by atoms with van der Waals surface area (Å²) in [6.07, 6.45) is 3.59. The highest BCUT2D eigenvalue weighted by molar-refractivity contribution is 5.93. The largest absolute Gasteiger partial charge is 0.299 e. The van der Waals surface area contributed by atoms with E-state index >= 15 is 0 Å². The van der Waals surface area contributed by atoms with Crippen LogP contribution in [0.25, 0.3) is 10.9 Å². The highest BCUT2D eigenvalue weighted by atomic mass is 16.1. The number of aryl methyl sites for hydroxylation is 2. The number of Topliss-reactive ketones (excluding diaryl/α,β-unsaturated/α-hetero) is 1. The van der Waals surface area contributed by atoms with Crippen molar-refractivity contribution < 1.29 is 4.79 Å². The monoisotopic (exact) mass is 281 g/mol. The van der Waals surface area contributed by atoms with Gasteiger partial charge in [-0.1, -0.05) is 18.6 Å². The number of hydrogen-bond acceptors (Lipinski definition) is 3. The van der Waals surface area contributed by atoms with Gasteiger partial charge in [-0.3, -0.25) is 9.48 Å². The first-order chi connectivity index (χ1) is 10.1. The summed E-state index contributed by atoms with van der Waals surface area (Å²) in [6.45, 7) is 1.98. The summed E-state index contributed by atoms with van der Waals surface area (Å²) in [5, 5.41) is 14.8. The lowest BCUT2D eigenvalue weighted by Gasteiger charge is -2.34. The Labute approximate surface area is 124 Å². The fourth-order valence-corrected chi connectivity index (χ4v) is 3.56. The Balaban J connectivity index is 2.18. The third kappa shape index (κ3) is 2.04. The standard InChI is InChI=1S/C17H19N3O/c1-12-14-7-6-13(11-15(14)20(2)19-12)17(9-10-18)8-4-3-5-16(17)21/h6-7,11H,3-5,8-9H2,1-2H3. The van der Waals surface area contributed by atoms with Gasteiger partial charge in [-0.25, -0.2) is 0 Å². The van der Waals surface area contributed by atoms with E-state index in [9.17, 15) is 10.1 Å². The predicted octanol–water partition coefficient (Wildman–Crippen LogP) is 3.18. The summed E-state index contributed by atoms with van der Waals surface area (Å²) >= 11 is 0. The molecule has 4 nitrogen and oxygen atoms in total. The van der Waals surface area contributed by atoms with Crippen LogP contribution in [0.4, 0.5) is 0 Å². The summed E-state index contributed by atoms with van der Waals surface area (Å²) in [4.78, 5) is 12.6. The molecule has 3 rings (SSSR count). The fraction of sp³-hybridized carbons (Fsp3) is 0.471. The molecule has 0 amide bonds. The topological polar surface area (TPSA) is 58.7 Å². The highest BCUT2D eigenvalue weighted by Gasteiger charge is 2.41. The van der Waals surface area contributed by atoms with Crippen molar-refractivity contribution in [3.05, 3.63) is 29.5 Å². The summed E-state index contributed by atoms with van der Waals surface area (Å²) in [6, 6.07) is 8.33. The van der Waals surface area contributed by atoms with Gasteiger partial charge < -0.3 is 0 Å². The van der Waals surface area contributed by atoms with E-state index in [-0.39, 0.29) is 12.2 Å². The second-order valence-electron chi connectivity index (χ2n) is 5.99. The molecule has 0 bridgehead atoms. The van der Waals surface area contributed by atoms with Crippen molar-refractivity contribution in [2.75, 3.05) is 0 Å². The Morgan fingerprint density at radius 2 is 2.24 bits per heavy atom. The maximum atomic E-state index is 12.6. The van der Waals surface area contributed by atoms with Gasteiger partial charge in [0.1, 0.15) is 5.78 Å². The number of aromatic nitrogens is 2. The molecule has 0 radical (unpaired) electrons. The minimum atomic E-state index is -0.612. The molecule has 2 aromatic rings. The van der Waals surface area contributed by atoms with E-state index in [1.807, 2.05) is 30.8 Å². The van der Waals surface area contributed by atoms with Gasteiger partial charge in [0.25, 0.3) is 0 Å². The number of fused-ring (bicyclic) bond motifs is 1. The first-order valence-electron chi connectivity index (χ1n) is 7.42. The number of carbonyl (C=O) groups excluding carboxylic acids is 1. The van der Waals surface area contributed by atoms with Crippen LogP contribution in [0.15, 0.2) is 18.2 Å². The summed E-state index contributed by atoms with van der Waals surface area (Å²) in [5.74, 6) is 0.216. The molecule has 1 atom stereocenters. The zero-order valence-electron chi connectivity index (χ0n) is 12.5. The van der Waals surface area contributed by atoms with Crippen molar-refractivity contribution in [3.63, 3.8) is 0 Å². The van der Waals surface area contributed by atoms with Crippen LogP contribution in [0, 0.1) is 18.3 Å². The van der Waals surface area contributed by atoms with Crippen LogP contribution in [0.2, 0.25) is 0 Å². The molecule has 21 heavy (non-hydrogen) atoms. The molecule has 0 saturated heterocycles. The summed E-state index contributed by atoms with van der Waals surface area (Å²) in [7, 11) is 1.92. The van der Waals surface area contributed by atoms with E-state index in [1.165, 1.54) is 0 Å². The van der Waals surface area contributed by atoms with E-state index in [2.05, 4.69) is 17.2 Å². The predicted molar refractivity (Wildman–Crippen MR) is 80.8 cm³/mol. The molecule has 108 valence electrons. The first kappa shape index (κ1) is 13.8. The minimum absolute atomic E-state index is 0.216. The highest BCUT2D eigenvalue weighted by Crippen LogP contribution is 2.40. The van der Waals surface area contributed by atoms with Crippen molar-refractivity contribution in [1.82, 2.24) is 9.78 Å². The fourth-order valence-electron chi connectivity index (χ4n) is 3.56. The van der Waals surface area contributed by atoms with Crippen LogP contribution in [-0.2, 0) is 17.3 Å². The van der Waals surface area contributed by atoms with Crippen LogP contribution >= 0.6 is 0 Å². The molecule has 1 heterocycles. The zero-order chi connectivity index (χ0) is 15.0. The van der Waals surface area contributed by atoms with E-state index in [4.69, 9.17) is 0 Å². The number of nitriles is 1. The Morgan fingerprint density at radius 3 is 2.95 bits per heavy atom. The molecule has 1 aliphatic carbocycles. The lowest BCUT2D eigenvalue weighted by atomic mass is 9.66. The van der Waals surface area contributed by atoms with E-state index in [0.29, 0.717) is 6.42 Å². The van der Waals surface area contributed by atoms with E-state index in [0.717, 1.165) is 41.4 Å². The molecule has 0 spiro atoms. The zero-order valence-corrected chi connectivity index (χ0v) is 12.5. The quantitative estimate of drug-likeness (QED) is 0.849. The molecule has 1 aromatic heterocycles. The maximum Gasteiger partial charge on any atom is 0.144 e. The molecule has 1 saturated carbocycles. The average molecular weight is 281 g/mol. The van der Waals surface area contributed by atoms with Gasteiger partial charge in [0, 0.05) is 18.9 Å². The second-order valence-corrected chi connectivity index (χ2v) is 5.99. The van der Waals surface area contributed by atoms with Gasteiger partial charge in [0.15, 0.2) is 0 Å². The smallest absolute Gasteiger partial charge is 0.144 e. The lowest BCUT2D eigenvalue weighted by Crippen LogP contribution is -2.38. The van der Waals surface area contributed by atoms with Crippen molar-refractivity contribution in [3.8, 4) is 6.07 Å². The molecule has 0 aliphatic heterocycles. The van der Waals surface area contributed by atoms with Crippen LogP contribution in [0.3, 0.4) is 0 Å². The Bertz CT molecular complexity index is 753. The molecule has 4 heteroatoms. The summed E-state index contributed by atoms with van der Waals surface area (Å²) in [5.41, 5.74) is 2.38. The third-order valence-corrected chi connectivity index (χ3v) is 4.76. The minimum Gasteiger partial charge on any atom is -0.299 e. The van der Waals surface area contributed by atoms with Crippen molar-refractivity contribution in [1.29, 1.82) is 5.26 Å². The maximum absolute atomic E-state index is 12.6. The average Bonchev–Trinajstić information content (AvgIpc) is 2.76.